The van der Waals surface area contributed by atoms with Crippen molar-refractivity contribution in [3.05, 3.63) is 33.8 Å². The second-order valence-corrected chi connectivity index (χ2v) is 6.95. The Morgan fingerprint density at radius 2 is 1.94 bits per heavy atom. The lowest BCUT2D eigenvalue weighted by atomic mass is 9.95. The second-order valence-electron chi connectivity index (χ2n) is 4.86. The Kier molecular flexibility index (Phi) is 4.84. The summed E-state index contributed by atoms with van der Waals surface area (Å²) in [5.41, 5.74) is 1.82. The lowest BCUT2D eigenvalue weighted by Gasteiger charge is -2.26. The summed E-state index contributed by atoms with van der Waals surface area (Å²) >= 11 is 7.11. The summed E-state index contributed by atoms with van der Waals surface area (Å²) < 4.78 is 0.900. The molecule has 0 spiro atoms. The minimum absolute atomic E-state index is 0.0311. The molecule has 0 aliphatic heterocycles. The van der Waals surface area contributed by atoms with E-state index in [-0.39, 0.29) is 5.91 Å². The summed E-state index contributed by atoms with van der Waals surface area (Å²) in [4.78, 5) is 12.8. The number of hydrogen-bond donors (Lipinski definition) is 1. The van der Waals surface area contributed by atoms with Crippen molar-refractivity contribution in [2.75, 3.05) is 0 Å². The van der Waals surface area contributed by atoms with E-state index in [9.17, 15) is 4.79 Å². The molecule has 1 aromatic carbocycles. The lowest BCUT2D eigenvalue weighted by Crippen LogP contribution is -2.37. The van der Waals surface area contributed by atoms with E-state index in [1.54, 1.807) is 0 Å². The number of amides is 1. The first-order chi connectivity index (χ1) is 8.58. The van der Waals surface area contributed by atoms with Gasteiger partial charge in [-0.3, -0.25) is 4.79 Å². The molecule has 0 heterocycles. The largest absolute Gasteiger partial charge is 0.349 e. The molecule has 1 fully saturated rings. The van der Waals surface area contributed by atoms with Crippen molar-refractivity contribution < 1.29 is 4.79 Å². The maximum Gasteiger partial charge on any atom is 0.252 e. The molecule has 0 radical (unpaired) electrons. The molecule has 0 saturated heterocycles. The number of nitrogens with one attached hydrogen (secondary N) is 1. The minimum atomic E-state index is 0.0311. The van der Waals surface area contributed by atoms with Gasteiger partial charge >= 0.3 is 0 Å². The van der Waals surface area contributed by atoms with Crippen molar-refractivity contribution in [1.29, 1.82) is 0 Å². The predicted molar refractivity (Wildman–Crippen MR) is 81.3 cm³/mol. The van der Waals surface area contributed by atoms with Crippen LogP contribution in [0.1, 0.15) is 41.6 Å². The molecule has 4 heteroatoms. The minimum Gasteiger partial charge on any atom is -0.349 e. The molecule has 1 N–H and O–H groups in total. The molecule has 1 amide bonds. The fourth-order valence-electron chi connectivity index (χ4n) is 2.28. The van der Waals surface area contributed by atoms with E-state index in [1.165, 1.54) is 0 Å². The Balaban J connectivity index is 2.01. The third-order valence-corrected chi connectivity index (χ3v) is 5.40. The van der Waals surface area contributed by atoms with Gasteiger partial charge in [0, 0.05) is 15.3 Å². The van der Waals surface area contributed by atoms with Gasteiger partial charge in [-0.1, -0.05) is 28.1 Å². The number of alkyl halides is 1. The van der Waals surface area contributed by atoms with Crippen LogP contribution in [0.5, 0.6) is 0 Å². The number of carbonyl (C=O) groups excluding carboxylic acids is 1. The van der Waals surface area contributed by atoms with Crippen molar-refractivity contribution in [2.24, 2.45) is 0 Å². The van der Waals surface area contributed by atoms with Gasteiger partial charge in [0.2, 0.25) is 0 Å². The topological polar surface area (TPSA) is 29.1 Å². The van der Waals surface area contributed by atoms with E-state index in [2.05, 4.69) is 37.2 Å². The molecule has 1 aliphatic carbocycles. The monoisotopic (exact) mass is 373 g/mol. The zero-order valence-corrected chi connectivity index (χ0v) is 13.6. The average molecular weight is 375 g/mol. The standard InChI is InChI=1S/C14H17Br2NO/c1-9-3-2-4-12(13(9)16)14(18)17-11-7-5-10(15)6-8-11/h2-4,10-11H,5-8H2,1H3,(H,17,18). The van der Waals surface area contributed by atoms with Crippen LogP contribution in [0, 0.1) is 6.92 Å². The van der Waals surface area contributed by atoms with Gasteiger partial charge in [-0.05, 0) is 60.2 Å². The number of halogens is 2. The molecule has 2 rings (SSSR count). The highest BCUT2D eigenvalue weighted by atomic mass is 79.9. The number of aryl methyl sites for hydroxylation is 1. The van der Waals surface area contributed by atoms with Crippen LogP contribution in [0.3, 0.4) is 0 Å². The Bertz CT molecular complexity index is 439. The van der Waals surface area contributed by atoms with Crippen LogP contribution in [0.25, 0.3) is 0 Å². The molecule has 18 heavy (non-hydrogen) atoms. The smallest absolute Gasteiger partial charge is 0.252 e. The molecule has 1 aliphatic rings. The van der Waals surface area contributed by atoms with Gasteiger partial charge in [-0.25, -0.2) is 0 Å². The highest BCUT2D eigenvalue weighted by molar-refractivity contribution is 9.10. The second kappa shape index (κ2) is 6.20. The van der Waals surface area contributed by atoms with Gasteiger partial charge in [0.1, 0.15) is 0 Å². The third-order valence-electron chi connectivity index (χ3n) is 3.43. The lowest BCUT2D eigenvalue weighted by molar-refractivity contribution is 0.0927. The summed E-state index contributed by atoms with van der Waals surface area (Å²) in [5, 5.41) is 3.13. The highest BCUT2D eigenvalue weighted by Crippen LogP contribution is 2.25. The van der Waals surface area contributed by atoms with Gasteiger partial charge in [0.05, 0.1) is 5.56 Å². The van der Waals surface area contributed by atoms with Gasteiger partial charge in [-0.15, -0.1) is 0 Å². The normalized spacial score (nSPS) is 23.7. The van der Waals surface area contributed by atoms with Crippen LogP contribution in [0.4, 0.5) is 0 Å². The van der Waals surface area contributed by atoms with E-state index < -0.39 is 0 Å². The molecule has 0 bridgehead atoms. The number of hydrogen-bond acceptors (Lipinski definition) is 1. The van der Waals surface area contributed by atoms with E-state index in [0.717, 1.165) is 41.3 Å². The molecular formula is C14H17Br2NO. The maximum absolute atomic E-state index is 12.2. The van der Waals surface area contributed by atoms with Crippen molar-refractivity contribution in [2.45, 2.75) is 43.5 Å². The Morgan fingerprint density at radius 1 is 1.28 bits per heavy atom. The van der Waals surface area contributed by atoms with Crippen molar-refractivity contribution in [1.82, 2.24) is 5.32 Å². The van der Waals surface area contributed by atoms with E-state index in [0.29, 0.717) is 10.9 Å². The summed E-state index contributed by atoms with van der Waals surface area (Å²) in [6, 6.07) is 6.10. The SMILES string of the molecule is Cc1cccc(C(=O)NC2CCC(Br)CC2)c1Br. The van der Waals surface area contributed by atoms with Gasteiger partial charge in [-0.2, -0.15) is 0 Å². The van der Waals surface area contributed by atoms with E-state index >= 15 is 0 Å². The van der Waals surface area contributed by atoms with Crippen molar-refractivity contribution >= 4 is 37.8 Å². The zero-order chi connectivity index (χ0) is 13.1. The summed E-state index contributed by atoms with van der Waals surface area (Å²) in [7, 11) is 0. The fraction of sp³-hybridized carbons (Fsp3) is 0.500. The fourth-order valence-corrected chi connectivity index (χ4v) is 3.26. The quantitative estimate of drug-likeness (QED) is 0.772. The Labute approximate surface area is 125 Å². The van der Waals surface area contributed by atoms with Crippen LogP contribution in [0.15, 0.2) is 22.7 Å². The van der Waals surface area contributed by atoms with E-state index in [1.807, 2.05) is 25.1 Å². The van der Waals surface area contributed by atoms with Crippen LogP contribution < -0.4 is 5.32 Å². The first-order valence-corrected chi connectivity index (χ1v) is 7.99. The Morgan fingerprint density at radius 3 is 2.61 bits per heavy atom. The molecule has 1 saturated carbocycles. The average Bonchev–Trinajstić information content (AvgIpc) is 2.35. The molecule has 0 atom stereocenters. The van der Waals surface area contributed by atoms with Crippen LogP contribution >= 0.6 is 31.9 Å². The van der Waals surface area contributed by atoms with Crippen LogP contribution in [-0.2, 0) is 0 Å². The molecule has 1 aromatic rings. The number of rotatable bonds is 2. The van der Waals surface area contributed by atoms with Gasteiger partial charge < -0.3 is 5.32 Å². The molecule has 98 valence electrons. The zero-order valence-electron chi connectivity index (χ0n) is 10.4. The number of benzene rings is 1. The molecular weight excluding hydrogens is 358 g/mol. The van der Waals surface area contributed by atoms with Crippen LogP contribution in [-0.4, -0.2) is 16.8 Å². The first-order valence-electron chi connectivity index (χ1n) is 6.28. The van der Waals surface area contributed by atoms with Gasteiger partial charge in [0.15, 0.2) is 0 Å². The Hall–Kier alpha value is -0.350. The number of carbonyl (C=O) groups is 1. The van der Waals surface area contributed by atoms with Crippen molar-refractivity contribution in [3.63, 3.8) is 0 Å². The molecule has 0 aromatic heterocycles. The molecule has 0 unspecified atom stereocenters. The van der Waals surface area contributed by atoms with Gasteiger partial charge in [0.25, 0.3) is 5.91 Å². The predicted octanol–water partition coefficient (Wildman–Crippen LogP) is 4.19. The summed E-state index contributed by atoms with van der Waals surface area (Å²) in [6.07, 6.45) is 4.40. The highest BCUT2D eigenvalue weighted by Gasteiger charge is 2.21. The van der Waals surface area contributed by atoms with E-state index in [4.69, 9.17) is 0 Å². The van der Waals surface area contributed by atoms with Crippen LogP contribution in [0.2, 0.25) is 0 Å². The first kappa shape index (κ1) is 14.1. The third kappa shape index (κ3) is 3.35. The summed E-state index contributed by atoms with van der Waals surface area (Å²) in [5.74, 6) is 0.0311. The molecule has 2 nitrogen and oxygen atoms in total. The summed E-state index contributed by atoms with van der Waals surface area (Å²) in [6.45, 7) is 2.00. The van der Waals surface area contributed by atoms with Crippen molar-refractivity contribution in [3.8, 4) is 0 Å². The maximum atomic E-state index is 12.2.